The summed E-state index contributed by atoms with van der Waals surface area (Å²) in [6, 6.07) is 0. The van der Waals surface area contributed by atoms with Gasteiger partial charge in [-0.05, 0) is 25.9 Å². The van der Waals surface area contributed by atoms with Gasteiger partial charge < -0.3 is 5.32 Å². The number of rotatable bonds is 24. The molecule has 0 heterocycles. The highest BCUT2D eigenvalue weighted by molar-refractivity contribution is 4.53. The number of hydrogen-bond acceptors (Lipinski definition) is 1. The highest BCUT2D eigenvalue weighted by Gasteiger charge is 1.95. The predicted octanol–water partition coefficient (Wildman–Crippen LogP) is 9.20. The predicted molar refractivity (Wildman–Crippen MR) is 126 cm³/mol. The van der Waals surface area contributed by atoms with Crippen molar-refractivity contribution in [1.82, 2.24) is 5.32 Å². The number of hydrogen-bond donors (Lipinski definition) is 1. The maximum absolute atomic E-state index is 3.65. The Labute approximate surface area is 173 Å². The molecule has 1 heteroatoms. The van der Waals surface area contributed by atoms with Gasteiger partial charge in [0.15, 0.2) is 0 Å². The third kappa shape index (κ3) is 26.0. The molecule has 1 nitrogen and oxygen atoms in total. The molecule has 27 heavy (non-hydrogen) atoms. The first-order chi connectivity index (χ1) is 13.4. The SMILES string of the molecule is CCCCCCCCCCCCCCNCCCCCCCCCCCC. The molecule has 0 bridgehead atoms. The van der Waals surface area contributed by atoms with Crippen LogP contribution in [-0.2, 0) is 0 Å². The second-order valence-electron chi connectivity index (χ2n) is 8.82. The van der Waals surface area contributed by atoms with E-state index in [2.05, 4.69) is 19.2 Å². The van der Waals surface area contributed by atoms with Gasteiger partial charge >= 0.3 is 0 Å². The Kier molecular flexibility index (Phi) is 25.9. The average molecular weight is 382 g/mol. The second kappa shape index (κ2) is 26.0. The molecular weight excluding hydrogens is 326 g/mol. The highest BCUT2D eigenvalue weighted by Crippen LogP contribution is 2.12. The van der Waals surface area contributed by atoms with Gasteiger partial charge in [-0.25, -0.2) is 0 Å². The fourth-order valence-corrected chi connectivity index (χ4v) is 3.95. The van der Waals surface area contributed by atoms with Crippen LogP contribution in [0.3, 0.4) is 0 Å². The van der Waals surface area contributed by atoms with E-state index in [1.54, 1.807) is 0 Å². The summed E-state index contributed by atoms with van der Waals surface area (Å²) >= 11 is 0. The Morgan fingerprint density at radius 1 is 0.296 bits per heavy atom. The van der Waals surface area contributed by atoms with Crippen molar-refractivity contribution >= 4 is 0 Å². The molecule has 164 valence electrons. The van der Waals surface area contributed by atoms with E-state index in [1.807, 2.05) is 0 Å². The summed E-state index contributed by atoms with van der Waals surface area (Å²) in [7, 11) is 0. The Balaban J connectivity index is 2.95. The summed E-state index contributed by atoms with van der Waals surface area (Å²) in [5, 5.41) is 3.65. The van der Waals surface area contributed by atoms with Gasteiger partial charge in [0.1, 0.15) is 0 Å². The lowest BCUT2D eigenvalue weighted by Crippen LogP contribution is -2.16. The summed E-state index contributed by atoms with van der Waals surface area (Å²) in [5.41, 5.74) is 0. The zero-order valence-corrected chi connectivity index (χ0v) is 19.5. The molecule has 1 N–H and O–H groups in total. The minimum Gasteiger partial charge on any atom is -0.317 e. The minimum absolute atomic E-state index is 1.24. The van der Waals surface area contributed by atoms with Gasteiger partial charge in [0.25, 0.3) is 0 Å². The van der Waals surface area contributed by atoms with Crippen molar-refractivity contribution in [3.63, 3.8) is 0 Å². The van der Waals surface area contributed by atoms with E-state index in [1.165, 1.54) is 154 Å². The van der Waals surface area contributed by atoms with Gasteiger partial charge in [-0.3, -0.25) is 0 Å². The molecule has 0 rings (SSSR count). The van der Waals surface area contributed by atoms with Crippen LogP contribution in [0.15, 0.2) is 0 Å². The van der Waals surface area contributed by atoms with Crippen molar-refractivity contribution in [2.45, 2.75) is 155 Å². The fourth-order valence-electron chi connectivity index (χ4n) is 3.95. The molecule has 0 aromatic carbocycles. The number of nitrogens with one attached hydrogen (secondary N) is 1. The van der Waals surface area contributed by atoms with Crippen LogP contribution in [-0.4, -0.2) is 13.1 Å². The van der Waals surface area contributed by atoms with E-state index in [4.69, 9.17) is 0 Å². The molecule has 0 spiro atoms. The number of unbranched alkanes of at least 4 members (excludes halogenated alkanes) is 20. The first-order valence-corrected chi connectivity index (χ1v) is 13.1. The minimum atomic E-state index is 1.24. The maximum atomic E-state index is 3.65. The Morgan fingerprint density at radius 2 is 0.519 bits per heavy atom. The summed E-state index contributed by atoms with van der Waals surface area (Å²) < 4.78 is 0. The molecule has 0 aromatic heterocycles. The molecule has 0 radical (unpaired) electrons. The van der Waals surface area contributed by atoms with E-state index in [0.29, 0.717) is 0 Å². The van der Waals surface area contributed by atoms with Crippen molar-refractivity contribution in [3.8, 4) is 0 Å². The molecule has 0 saturated carbocycles. The summed E-state index contributed by atoms with van der Waals surface area (Å²) in [6.45, 7) is 7.09. The Hall–Kier alpha value is -0.0400. The quantitative estimate of drug-likeness (QED) is 0.164. The van der Waals surface area contributed by atoms with Gasteiger partial charge in [0.2, 0.25) is 0 Å². The van der Waals surface area contributed by atoms with Gasteiger partial charge in [-0.15, -0.1) is 0 Å². The fraction of sp³-hybridized carbons (Fsp3) is 1.00. The van der Waals surface area contributed by atoms with Gasteiger partial charge in [-0.1, -0.05) is 142 Å². The zero-order valence-electron chi connectivity index (χ0n) is 19.5. The molecule has 0 fully saturated rings. The van der Waals surface area contributed by atoms with E-state index < -0.39 is 0 Å². The van der Waals surface area contributed by atoms with Crippen molar-refractivity contribution in [1.29, 1.82) is 0 Å². The summed E-state index contributed by atoms with van der Waals surface area (Å²) in [6.07, 6.45) is 31.8. The lowest BCUT2D eigenvalue weighted by molar-refractivity contribution is 0.523. The first-order valence-electron chi connectivity index (χ1n) is 13.1. The van der Waals surface area contributed by atoms with Crippen LogP contribution in [0, 0.1) is 0 Å². The lowest BCUT2D eigenvalue weighted by atomic mass is 10.1. The molecular formula is C26H55N. The largest absolute Gasteiger partial charge is 0.317 e. The summed E-state index contributed by atoms with van der Waals surface area (Å²) in [5.74, 6) is 0. The van der Waals surface area contributed by atoms with Crippen molar-refractivity contribution < 1.29 is 0 Å². The van der Waals surface area contributed by atoms with E-state index in [0.717, 1.165) is 0 Å². The molecule has 0 atom stereocenters. The van der Waals surface area contributed by atoms with Crippen LogP contribution in [0.2, 0.25) is 0 Å². The molecule has 0 aliphatic rings. The molecule has 0 unspecified atom stereocenters. The van der Waals surface area contributed by atoms with E-state index in [-0.39, 0.29) is 0 Å². The topological polar surface area (TPSA) is 12.0 Å². The van der Waals surface area contributed by atoms with Crippen LogP contribution in [0.1, 0.15) is 155 Å². The lowest BCUT2D eigenvalue weighted by Gasteiger charge is -2.06. The standard InChI is InChI=1S/C26H55N/c1-3-5-7-9-11-13-15-16-18-20-22-24-26-27-25-23-21-19-17-14-12-10-8-6-4-2/h27H,3-26H2,1-2H3. The molecule has 0 saturated heterocycles. The smallest absolute Gasteiger partial charge is 0.00489 e. The normalized spacial score (nSPS) is 11.3. The zero-order chi connectivity index (χ0) is 19.7. The monoisotopic (exact) mass is 381 g/mol. The maximum Gasteiger partial charge on any atom is -0.00489 e. The summed E-state index contributed by atoms with van der Waals surface area (Å²) in [4.78, 5) is 0. The van der Waals surface area contributed by atoms with Crippen molar-refractivity contribution in [2.75, 3.05) is 13.1 Å². The third-order valence-corrected chi connectivity index (χ3v) is 5.91. The van der Waals surface area contributed by atoms with Crippen LogP contribution < -0.4 is 5.32 Å². The van der Waals surface area contributed by atoms with Crippen LogP contribution in [0.5, 0.6) is 0 Å². The van der Waals surface area contributed by atoms with Crippen LogP contribution >= 0.6 is 0 Å². The van der Waals surface area contributed by atoms with Gasteiger partial charge in [0.05, 0.1) is 0 Å². The second-order valence-corrected chi connectivity index (χ2v) is 8.82. The van der Waals surface area contributed by atoms with Crippen LogP contribution in [0.4, 0.5) is 0 Å². The van der Waals surface area contributed by atoms with Crippen LogP contribution in [0.25, 0.3) is 0 Å². The molecule has 0 aliphatic carbocycles. The molecule has 0 amide bonds. The van der Waals surface area contributed by atoms with Crippen molar-refractivity contribution in [3.05, 3.63) is 0 Å². The Morgan fingerprint density at radius 3 is 0.778 bits per heavy atom. The van der Waals surface area contributed by atoms with E-state index in [9.17, 15) is 0 Å². The average Bonchev–Trinajstić information content (AvgIpc) is 2.68. The van der Waals surface area contributed by atoms with Gasteiger partial charge in [-0.2, -0.15) is 0 Å². The molecule has 0 aliphatic heterocycles. The molecule has 0 aromatic rings. The van der Waals surface area contributed by atoms with Crippen molar-refractivity contribution in [2.24, 2.45) is 0 Å². The van der Waals surface area contributed by atoms with E-state index >= 15 is 0 Å². The Bertz CT molecular complexity index is 214. The first kappa shape index (κ1) is 27.0. The third-order valence-electron chi connectivity index (χ3n) is 5.91. The van der Waals surface area contributed by atoms with Gasteiger partial charge in [0, 0.05) is 0 Å². The highest BCUT2D eigenvalue weighted by atomic mass is 14.8.